The molecule has 0 aromatic heterocycles. The lowest BCUT2D eigenvalue weighted by Crippen LogP contribution is -2.29. The maximum atomic E-state index is 8.85. The van der Waals surface area contributed by atoms with Gasteiger partial charge in [-0.15, -0.1) is 0 Å². The maximum Gasteiger partial charge on any atom is 0.119 e. The molecule has 0 saturated heterocycles. The molecule has 0 aliphatic carbocycles. The van der Waals surface area contributed by atoms with Crippen molar-refractivity contribution < 1.29 is 9.84 Å². The van der Waals surface area contributed by atoms with E-state index in [0.717, 1.165) is 39.1 Å². The Bertz CT molecular complexity index is 992. The number of allylic oxidation sites excluding steroid dienone is 1. The fraction of sp³-hybridized carbons (Fsp3) is 0.320. The first kappa shape index (κ1) is 23.9. The largest absolute Gasteiger partial charge is 0.491 e. The molecular weight excluding hydrogens is 420 g/mol. The van der Waals surface area contributed by atoms with E-state index in [1.54, 1.807) is 11.9 Å². The molecule has 0 unspecified atom stereocenters. The zero-order chi connectivity index (χ0) is 23.0. The third-order valence-corrected chi connectivity index (χ3v) is 5.63. The molecule has 1 heterocycles. The smallest absolute Gasteiger partial charge is 0.119 e. The third kappa shape index (κ3) is 7.75. The Morgan fingerprint density at radius 2 is 1.84 bits per heavy atom. The van der Waals surface area contributed by atoms with Crippen molar-refractivity contribution in [3.8, 4) is 5.75 Å². The molecule has 0 bridgehead atoms. The quantitative estimate of drug-likeness (QED) is 0.393. The average molecular weight is 453 g/mol. The van der Waals surface area contributed by atoms with Gasteiger partial charge in [0.1, 0.15) is 18.2 Å². The Morgan fingerprint density at radius 1 is 1.06 bits per heavy atom. The molecule has 32 heavy (non-hydrogen) atoms. The minimum Gasteiger partial charge on any atom is -0.491 e. The van der Waals surface area contributed by atoms with E-state index in [1.165, 1.54) is 0 Å². The summed E-state index contributed by atoms with van der Waals surface area (Å²) in [7, 11) is 0. The zero-order valence-corrected chi connectivity index (χ0v) is 19.9. The standard InChI is InChI=1S/C25H32N4O2S/c1-18-17-26-24(28-19-8-10-21(11-9-19)31-15-14-30)13-12-23(18)27-20-6-5-7-22(16-20)32-29-25(2,3)4/h5-12,16-17,27,29-30H,13-15H2,1-4H3,(H,26,28). The van der Waals surface area contributed by atoms with Crippen molar-refractivity contribution in [2.75, 3.05) is 23.8 Å². The average Bonchev–Trinajstić information content (AvgIpc) is 2.93. The molecule has 4 N–H and O–H groups in total. The Morgan fingerprint density at radius 3 is 2.56 bits per heavy atom. The number of nitrogens with one attached hydrogen (secondary N) is 3. The van der Waals surface area contributed by atoms with E-state index in [-0.39, 0.29) is 12.1 Å². The molecule has 7 heteroatoms. The molecule has 6 nitrogen and oxygen atoms in total. The van der Waals surface area contributed by atoms with Gasteiger partial charge in [-0.1, -0.05) is 12.1 Å². The van der Waals surface area contributed by atoms with Crippen LogP contribution in [-0.2, 0) is 0 Å². The lowest BCUT2D eigenvalue weighted by atomic mass is 10.1. The number of amidine groups is 1. The number of anilines is 2. The summed E-state index contributed by atoms with van der Waals surface area (Å²) < 4.78 is 8.85. The fourth-order valence-corrected chi connectivity index (χ4v) is 3.62. The Labute approximate surface area is 195 Å². The van der Waals surface area contributed by atoms with Gasteiger partial charge >= 0.3 is 0 Å². The Hall–Kier alpha value is -2.74. The number of aliphatic hydroxyl groups excluding tert-OH is 1. The van der Waals surface area contributed by atoms with Crippen LogP contribution in [0.2, 0.25) is 0 Å². The molecule has 0 saturated carbocycles. The molecule has 0 atom stereocenters. The first-order valence-corrected chi connectivity index (χ1v) is 11.5. The van der Waals surface area contributed by atoms with Crippen molar-refractivity contribution in [2.45, 2.75) is 44.6 Å². The number of nitrogens with zero attached hydrogens (tertiary/aromatic N) is 1. The highest BCUT2D eigenvalue weighted by Gasteiger charge is 2.11. The molecule has 170 valence electrons. The maximum absolute atomic E-state index is 8.85. The van der Waals surface area contributed by atoms with E-state index in [0.29, 0.717) is 13.0 Å². The molecule has 0 amide bonds. The number of ether oxygens (including phenoxy) is 1. The van der Waals surface area contributed by atoms with Crippen molar-refractivity contribution in [2.24, 2.45) is 4.99 Å². The summed E-state index contributed by atoms with van der Waals surface area (Å²) in [6.07, 6.45) is 4.71. The number of aliphatic hydroxyl groups is 1. The van der Waals surface area contributed by atoms with Crippen LogP contribution in [0.3, 0.4) is 0 Å². The van der Waals surface area contributed by atoms with E-state index >= 15 is 0 Å². The van der Waals surface area contributed by atoms with Crippen LogP contribution in [0.15, 0.2) is 82.0 Å². The minimum absolute atomic E-state index is 0.00212. The number of hydrogen-bond donors (Lipinski definition) is 4. The lowest BCUT2D eigenvalue weighted by Gasteiger charge is -2.19. The summed E-state index contributed by atoms with van der Waals surface area (Å²) in [6, 6.07) is 16.0. The lowest BCUT2D eigenvalue weighted by molar-refractivity contribution is 0.201. The number of aliphatic imine (C=N–C) groups is 1. The second kappa shape index (κ2) is 11.2. The Balaban J connectivity index is 1.61. The van der Waals surface area contributed by atoms with Crippen LogP contribution in [0.1, 0.15) is 34.1 Å². The second-order valence-corrected chi connectivity index (χ2v) is 9.42. The molecule has 3 rings (SSSR count). The monoisotopic (exact) mass is 452 g/mol. The van der Waals surface area contributed by atoms with Crippen molar-refractivity contribution in [1.82, 2.24) is 4.72 Å². The van der Waals surface area contributed by atoms with Crippen LogP contribution in [0.25, 0.3) is 0 Å². The minimum atomic E-state index is 0.00212. The summed E-state index contributed by atoms with van der Waals surface area (Å²) in [5.41, 5.74) is 4.14. The van der Waals surface area contributed by atoms with Gasteiger partial charge < -0.3 is 20.5 Å². The van der Waals surface area contributed by atoms with Gasteiger partial charge in [0.25, 0.3) is 0 Å². The third-order valence-electron chi connectivity index (χ3n) is 4.43. The SMILES string of the molecule is CC1=CN=C(Nc2ccc(OCCO)cc2)CC=C1Nc1cccc(SNC(C)(C)C)c1. The first-order chi connectivity index (χ1) is 15.3. The molecule has 0 radical (unpaired) electrons. The number of benzene rings is 2. The van der Waals surface area contributed by atoms with Gasteiger partial charge in [-0.2, -0.15) is 0 Å². The van der Waals surface area contributed by atoms with E-state index in [4.69, 9.17) is 9.84 Å². The highest BCUT2D eigenvalue weighted by molar-refractivity contribution is 7.97. The molecular formula is C25H32N4O2S. The van der Waals surface area contributed by atoms with Crippen LogP contribution < -0.4 is 20.1 Å². The van der Waals surface area contributed by atoms with E-state index in [1.807, 2.05) is 30.5 Å². The normalized spacial score (nSPS) is 14.1. The van der Waals surface area contributed by atoms with Crippen LogP contribution in [0.5, 0.6) is 5.75 Å². The van der Waals surface area contributed by atoms with Crippen molar-refractivity contribution >= 4 is 29.2 Å². The number of hydrogen-bond acceptors (Lipinski definition) is 7. The van der Waals surface area contributed by atoms with Crippen molar-refractivity contribution in [1.29, 1.82) is 0 Å². The second-order valence-electron chi connectivity index (χ2n) is 8.54. The summed E-state index contributed by atoms with van der Waals surface area (Å²) >= 11 is 1.64. The highest BCUT2D eigenvalue weighted by atomic mass is 32.2. The predicted molar refractivity (Wildman–Crippen MR) is 135 cm³/mol. The van der Waals surface area contributed by atoms with Gasteiger partial charge in [0.05, 0.1) is 6.61 Å². The summed E-state index contributed by atoms with van der Waals surface area (Å²) in [6.45, 7) is 8.80. The molecule has 0 spiro atoms. The zero-order valence-electron chi connectivity index (χ0n) is 19.1. The fourth-order valence-electron chi connectivity index (χ4n) is 2.86. The van der Waals surface area contributed by atoms with Crippen LogP contribution in [0, 0.1) is 0 Å². The summed E-state index contributed by atoms with van der Waals surface area (Å²) in [4.78, 5) is 5.77. The van der Waals surface area contributed by atoms with Gasteiger partial charge in [-0.3, -0.25) is 4.72 Å². The van der Waals surface area contributed by atoms with Gasteiger partial charge in [0.15, 0.2) is 0 Å². The molecule has 1 aliphatic rings. The molecule has 1 aliphatic heterocycles. The first-order valence-electron chi connectivity index (χ1n) is 10.7. The predicted octanol–water partition coefficient (Wildman–Crippen LogP) is 5.57. The highest BCUT2D eigenvalue weighted by Crippen LogP contribution is 2.25. The van der Waals surface area contributed by atoms with Gasteiger partial charge in [0.2, 0.25) is 0 Å². The Kier molecular flexibility index (Phi) is 8.39. The van der Waals surface area contributed by atoms with Gasteiger partial charge in [-0.05, 0) is 87.7 Å². The van der Waals surface area contributed by atoms with Crippen LogP contribution in [-0.4, -0.2) is 29.7 Å². The van der Waals surface area contributed by atoms with Crippen molar-refractivity contribution in [3.63, 3.8) is 0 Å². The summed E-state index contributed by atoms with van der Waals surface area (Å²) in [5.74, 6) is 1.59. The van der Waals surface area contributed by atoms with E-state index in [2.05, 4.69) is 78.4 Å². The van der Waals surface area contributed by atoms with Crippen LogP contribution in [0.4, 0.5) is 11.4 Å². The number of rotatable bonds is 8. The molecule has 0 fully saturated rings. The molecule has 2 aromatic carbocycles. The van der Waals surface area contributed by atoms with E-state index in [9.17, 15) is 0 Å². The van der Waals surface area contributed by atoms with Crippen molar-refractivity contribution in [3.05, 3.63) is 72.1 Å². The van der Waals surface area contributed by atoms with Crippen LogP contribution >= 0.6 is 11.9 Å². The van der Waals surface area contributed by atoms with Gasteiger partial charge in [-0.25, -0.2) is 4.99 Å². The van der Waals surface area contributed by atoms with E-state index < -0.39 is 0 Å². The summed E-state index contributed by atoms with van der Waals surface area (Å²) in [5, 5.41) is 15.8. The molecule has 2 aromatic rings. The topological polar surface area (TPSA) is 77.9 Å². The van der Waals surface area contributed by atoms with Gasteiger partial charge in [0, 0.05) is 40.1 Å².